The fourth-order valence-corrected chi connectivity index (χ4v) is 5.64. The number of amides is 1. The Hall–Kier alpha value is -2.38. The minimum absolute atomic E-state index is 0.140. The van der Waals surface area contributed by atoms with E-state index in [1.807, 2.05) is 24.3 Å². The highest BCUT2D eigenvalue weighted by Gasteiger charge is 2.28. The van der Waals surface area contributed by atoms with Gasteiger partial charge in [0.1, 0.15) is 0 Å². The van der Waals surface area contributed by atoms with Crippen molar-refractivity contribution in [1.29, 1.82) is 0 Å². The van der Waals surface area contributed by atoms with Crippen molar-refractivity contribution >= 4 is 27.3 Å². The number of sulfonamides is 1. The van der Waals surface area contributed by atoms with Gasteiger partial charge >= 0.3 is 0 Å². The van der Waals surface area contributed by atoms with Gasteiger partial charge in [-0.25, -0.2) is 8.42 Å². The van der Waals surface area contributed by atoms with E-state index >= 15 is 0 Å². The van der Waals surface area contributed by atoms with Crippen LogP contribution >= 0.6 is 0 Å². The molecule has 0 radical (unpaired) electrons. The largest absolute Gasteiger partial charge is 0.322 e. The quantitative estimate of drug-likeness (QED) is 0.815. The maximum Gasteiger partial charge on any atom is 0.255 e. The Morgan fingerprint density at radius 3 is 2.31 bits per heavy atom. The Labute approximate surface area is 172 Å². The van der Waals surface area contributed by atoms with E-state index in [0.29, 0.717) is 29.9 Å². The molecule has 2 aliphatic heterocycles. The van der Waals surface area contributed by atoms with Crippen molar-refractivity contribution in [3.63, 3.8) is 0 Å². The Kier molecular flexibility index (Phi) is 5.87. The first-order valence-electron chi connectivity index (χ1n) is 10.2. The van der Waals surface area contributed by atoms with Gasteiger partial charge in [-0.05, 0) is 68.2 Å². The molecule has 1 N–H and O–H groups in total. The van der Waals surface area contributed by atoms with E-state index in [2.05, 4.69) is 10.2 Å². The van der Waals surface area contributed by atoms with Gasteiger partial charge in [-0.15, -0.1) is 0 Å². The van der Waals surface area contributed by atoms with Gasteiger partial charge in [-0.3, -0.25) is 14.0 Å². The number of nitrogens with zero attached hydrogens (tertiary/aromatic N) is 2. The Balaban J connectivity index is 1.45. The van der Waals surface area contributed by atoms with Crippen molar-refractivity contribution in [2.24, 2.45) is 0 Å². The lowest BCUT2D eigenvalue weighted by molar-refractivity contribution is 0.102. The SMILES string of the molecule is O=C(Nc1ccc(N2CCCS2(=O)=O)cc1)c1ccccc1CN1CCCCC1. The van der Waals surface area contributed by atoms with Gasteiger partial charge in [0, 0.05) is 24.3 Å². The molecular weight excluding hydrogens is 386 g/mol. The molecule has 0 unspecified atom stereocenters. The fraction of sp³-hybridized carbons (Fsp3) is 0.409. The molecule has 2 saturated heterocycles. The van der Waals surface area contributed by atoms with Crippen LogP contribution in [0.5, 0.6) is 0 Å². The van der Waals surface area contributed by atoms with Crippen LogP contribution in [0.25, 0.3) is 0 Å². The number of piperidine rings is 1. The molecule has 7 heteroatoms. The molecule has 0 spiro atoms. The van der Waals surface area contributed by atoms with Crippen LogP contribution in [0.15, 0.2) is 48.5 Å². The van der Waals surface area contributed by atoms with Gasteiger partial charge in [-0.2, -0.15) is 0 Å². The third kappa shape index (κ3) is 4.62. The summed E-state index contributed by atoms with van der Waals surface area (Å²) < 4.78 is 25.6. The topological polar surface area (TPSA) is 69.7 Å². The summed E-state index contributed by atoms with van der Waals surface area (Å²) in [5, 5.41) is 2.95. The van der Waals surface area contributed by atoms with Crippen LogP contribution in [-0.4, -0.2) is 44.6 Å². The molecule has 0 aromatic heterocycles. The van der Waals surface area contributed by atoms with Gasteiger partial charge in [0.2, 0.25) is 10.0 Å². The second kappa shape index (κ2) is 8.55. The van der Waals surface area contributed by atoms with E-state index in [-0.39, 0.29) is 11.7 Å². The number of carbonyl (C=O) groups excluding carboxylic acids is 1. The molecule has 1 amide bonds. The number of benzene rings is 2. The van der Waals surface area contributed by atoms with E-state index in [9.17, 15) is 13.2 Å². The molecule has 2 heterocycles. The average molecular weight is 414 g/mol. The lowest BCUT2D eigenvalue weighted by Gasteiger charge is -2.27. The van der Waals surface area contributed by atoms with Gasteiger partial charge < -0.3 is 5.32 Å². The maximum atomic E-state index is 12.9. The minimum Gasteiger partial charge on any atom is -0.322 e. The smallest absolute Gasteiger partial charge is 0.255 e. The van der Waals surface area contributed by atoms with Crippen LogP contribution in [0.2, 0.25) is 0 Å². The predicted octanol–water partition coefficient (Wildman–Crippen LogP) is 3.46. The summed E-state index contributed by atoms with van der Waals surface area (Å²) in [4.78, 5) is 15.3. The highest BCUT2D eigenvalue weighted by molar-refractivity contribution is 7.93. The summed E-state index contributed by atoms with van der Waals surface area (Å²) in [6, 6.07) is 14.8. The number of hydrogen-bond donors (Lipinski definition) is 1. The van der Waals surface area contributed by atoms with Crippen LogP contribution in [0.4, 0.5) is 11.4 Å². The summed E-state index contributed by atoms with van der Waals surface area (Å²) in [7, 11) is -3.20. The highest BCUT2D eigenvalue weighted by Crippen LogP contribution is 2.26. The molecule has 2 aliphatic rings. The Bertz CT molecular complexity index is 967. The molecule has 154 valence electrons. The number of nitrogens with one attached hydrogen (secondary N) is 1. The molecule has 2 fully saturated rings. The molecule has 4 rings (SSSR count). The van der Waals surface area contributed by atoms with Crippen LogP contribution < -0.4 is 9.62 Å². The lowest BCUT2D eigenvalue weighted by Crippen LogP contribution is -2.30. The van der Waals surface area contributed by atoms with Gasteiger partial charge in [-0.1, -0.05) is 24.6 Å². The van der Waals surface area contributed by atoms with Crippen molar-refractivity contribution in [2.45, 2.75) is 32.2 Å². The van der Waals surface area contributed by atoms with Crippen molar-refractivity contribution in [2.75, 3.05) is 35.0 Å². The first kappa shape index (κ1) is 19.9. The summed E-state index contributed by atoms with van der Waals surface area (Å²) >= 11 is 0. The van der Waals surface area contributed by atoms with Crippen molar-refractivity contribution < 1.29 is 13.2 Å². The molecular formula is C22H27N3O3S. The number of anilines is 2. The van der Waals surface area contributed by atoms with Gasteiger partial charge in [0.25, 0.3) is 5.91 Å². The maximum absolute atomic E-state index is 12.9. The molecule has 0 aliphatic carbocycles. The normalized spacial score (nSPS) is 19.2. The predicted molar refractivity (Wildman–Crippen MR) is 116 cm³/mol. The Morgan fingerprint density at radius 2 is 1.62 bits per heavy atom. The summed E-state index contributed by atoms with van der Waals surface area (Å²) in [6.07, 6.45) is 4.36. The second-order valence-electron chi connectivity index (χ2n) is 7.74. The van der Waals surface area contributed by atoms with Gasteiger partial charge in [0.05, 0.1) is 11.4 Å². The zero-order valence-corrected chi connectivity index (χ0v) is 17.3. The van der Waals surface area contributed by atoms with Crippen molar-refractivity contribution in [3.05, 3.63) is 59.7 Å². The van der Waals surface area contributed by atoms with E-state index in [4.69, 9.17) is 0 Å². The third-order valence-electron chi connectivity index (χ3n) is 5.62. The van der Waals surface area contributed by atoms with Crippen LogP contribution in [-0.2, 0) is 16.6 Å². The summed E-state index contributed by atoms with van der Waals surface area (Å²) in [5.41, 5.74) is 3.02. The molecule has 0 saturated carbocycles. The third-order valence-corrected chi connectivity index (χ3v) is 7.49. The molecule has 2 aromatic carbocycles. The van der Waals surface area contributed by atoms with Crippen LogP contribution in [0, 0.1) is 0 Å². The summed E-state index contributed by atoms with van der Waals surface area (Å²) in [5.74, 6) is 0.0541. The highest BCUT2D eigenvalue weighted by atomic mass is 32.2. The minimum atomic E-state index is -3.20. The fourth-order valence-electron chi connectivity index (χ4n) is 4.08. The van der Waals surface area contributed by atoms with Gasteiger partial charge in [0.15, 0.2) is 0 Å². The number of rotatable bonds is 5. The van der Waals surface area contributed by atoms with E-state index in [1.165, 1.54) is 23.6 Å². The molecule has 6 nitrogen and oxygen atoms in total. The number of carbonyl (C=O) groups is 1. The van der Waals surface area contributed by atoms with E-state index < -0.39 is 10.0 Å². The first-order chi connectivity index (χ1) is 14.0. The second-order valence-corrected chi connectivity index (χ2v) is 9.75. The first-order valence-corrected chi connectivity index (χ1v) is 11.9. The zero-order chi connectivity index (χ0) is 20.3. The molecule has 29 heavy (non-hydrogen) atoms. The lowest BCUT2D eigenvalue weighted by atomic mass is 10.0. The monoisotopic (exact) mass is 413 g/mol. The standard InChI is InChI=1S/C22H27N3O3S/c26-22(21-8-3-2-7-18(21)17-24-13-4-1-5-14-24)23-19-9-11-20(12-10-19)25-15-6-16-29(25,27)28/h2-3,7-12H,1,4-6,13-17H2,(H,23,26). The van der Waals surface area contributed by atoms with Crippen LogP contribution in [0.1, 0.15) is 41.6 Å². The molecule has 2 aromatic rings. The zero-order valence-electron chi connectivity index (χ0n) is 16.5. The average Bonchev–Trinajstić information content (AvgIpc) is 3.09. The van der Waals surface area contributed by atoms with E-state index in [0.717, 1.165) is 25.2 Å². The molecule has 0 bridgehead atoms. The number of likely N-dealkylation sites (tertiary alicyclic amines) is 1. The van der Waals surface area contributed by atoms with Crippen molar-refractivity contribution in [3.8, 4) is 0 Å². The Morgan fingerprint density at radius 1 is 0.897 bits per heavy atom. The van der Waals surface area contributed by atoms with Crippen LogP contribution in [0.3, 0.4) is 0 Å². The van der Waals surface area contributed by atoms with Crippen molar-refractivity contribution in [1.82, 2.24) is 4.90 Å². The van der Waals surface area contributed by atoms with E-state index in [1.54, 1.807) is 24.3 Å². The number of hydrogen-bond acceptors (Lipinski definition) is 4. The molecule has 0 atom stereocenters. The summed E-state index contributed by atoms with van der Waals surface area (Å²) in [6.45, 7) is 3.46.